The molecule has 1 aromatic rings. The number of benzene rings is 1. The standard InChI is InChI=1S/C17H22FNO3/c1-12(7-8-13-5-3-6-14(18)11-13)15(20)19-10-4-9-17(19,2)16(21)22/h3,5-6,11-12H,4,7-10H2,1-2H3,(H,21,22)/t12?,17-/m1/s1. The lowest BCUT2D eigenvalue weighted by Gasteiger charge is -2.33. The van der Waals surface area contributed by atoms with Gasteiger partial charge in [-0.1, -0.05) is 19.1 Å². The van der Waals surface area contributed by atoms with Crippen molar-refractivity contribution in [3.05, 3.63) is 35.6 Å². The number of halogens is 1. The summed E-state index contributed by atoms with van der Waals surface area (Å²) in [4.78, 5) is 25.5. The summed E-state index contributed by atoms with van der Waals surface area (Å²) in [7, 11) is 0. The van der Waals surface area contributed by atoms with Crippen LogP contribution in [0.4, 0.5) is 4.39 Å². The minimum absolute atomic E-state index is 0.126. The minimum atomic E-state index is -1.09. The number of hydrogen-bond acceptors (Lipinski definition) is 2. The Morgan fingerprint density at radius 2 is 2.18 bits per heavy atom. The van der Waals surface area contributed by atoms with Gasteiger partial charge in [0.15, 0.2) is 0 Å². The van der Waals surface area contributed by atoms with Crippen molar-refractivity contribution in [1.29, 1.82) is 0 Å². The largest absolute Gasteiger partial charge is 0.480 e. The van der Waals surface area contributed by atoms with E-state index in [1.807, 2.05) is 13.0 Å². The molecule has 22 heavy (non-hydrogen) atoms. The first kappa shape index (κ1) is 16.5. The molecule has 0 aromatic heterocycles. The van der Waals surface area contributed by atoms with Crippen molar-refractivity contribution >= 4 is 11.9 Å². The molecule has 1 heterocycles. The SMILES string of the molecule is CC(CCc1cccc(F)c1)C(=O)N1CCC[C@]1(C)C(=O)O. The van der Waals surface area contributed by atoms with Gasteiger partial charge in [-0.25, -0.2) is 9.18 Å². The maximum atomic E-state index is 13.1. The van der Waals surface area contributed by atoms with E-state index in [2.05, 4.69) is 0 Å². The van der Waals surface area contributed by atoms with Crippen LogP contribution in [0.15, 0.2) is 24.3 Å². The van der Waals surface area contributed by atoms with Crippen LogP contribution in [0.3, 0.4) is 0 Å². The summed E-state index contributed by atoms with van der Waals surface area (Å²) in [5.74, 6) is -1.64. The van der Waals surface area contributed by atoms with Crippen LogP contribution in [0.1, 0.15) is 38.7 Å². The Morgan fingerprint density at radius 1 is 1.45 bits per heavy atom. The van der Waals surface area contributed by atoms with Gasteiger partial charge in [-0.15, -0.1) is 0 Å². The van der Waals surface area contributed by atoms with E-state index in [-0.39, 0.29) is 17.6 Å². The number of hydrogen-bond donors (Lipinski definition) is 1. The summed E-state index contributed by atoms with van der Waals surface area (Å²) in [5, 5.41) is 9.38. The quantitative estimate of drug-likeness (QED) is 0.910. The number of amides is 1. The lowest BCUT2D eigenvalue weighted by molar-refractivity contribution is -0.156. The van der Waals surface area contributed by atoms with Crippen molar-refractivity contribution in [2.75, 3.05) is 6.54 Å². The number of aryl methyl sites for hydroxylation is 1. The molecule has 2 atom stereocenters. The van der Waals surface area contributed by atoms with E-state index in [1.165, 1.54) is 17.0 Å². The lowest BCUT2D eigenvalue weighted by atomic mass is 9.95. The molecule has 0 saturated carbocycles. The van der Waals surface area contributed by atoms with E-state index in [4.69, 9.17) is 0 Å². The van der Waals surface area contributed by atoms with E-state index in [1.54, 1.807) is 13.0 Å². The van der Waals surface area contributed by atoms with Crippen LogP contribution in [-0.2, 0) is 16.0 Å². The molecule has 1 unspecified atom stereocenters. The molecular formula is C17H22FNO3. The van der Waals surface area contributed by atoms with Crippen LogP contribution < -0.4 is 0 Å². The first-order valence-electron chi connectivity index (χ1n) is 7.64. The number of likely N-dealkylation sites (tertiary alicyclic amines) is 1. The normalized spacial score (nSPS) is 22.6. The Bertz CT molecular complexity index is 575. The highest BCUT2D eigenvalue weighted by Gasteiger charge is 2.46. The molecule has 1 fully saturated rings. The molecule has 1 amide bonds. The predicted molar refractivity (Wildman–Crippen MR) is 80.9 cm³/mol. The van der Waals surface area contributed by atoms with Crippen LogP contribution in [0, 0.1) is 11.7 Å². The number of rotatable bonds is 5. The molecule has 0 aliphatic carbocycles. The number of carbonyl (C=O) groups excluding carboxylic acids is 1. The van der Waals surface area contributed by atoms with Crippen LogP contribution in [0.2, 0.25) is 0 Å². The van der Waals surface area contributed by atoms with Crippen molar-refractivity contribution in [3.8, 4) is 0 Å². The summed E-state index contributed by atoms with van der Waals surface area (Å²) >= 11 is 0. The Hall–Kier alpha value is -1.91. The average Bonchev–Trinajstić information content (AvgIpc) is 2.87. The first-order valence-corrected chi connectivity index (χ1v) is 7.64. The zero-order valence-corrected chi connectivity index (χ0v) is 13.0. The van der Waals surface area contributed by atoms with E-state index < -0.39 is 11.5 Å². The highest BCUT2D eigenvalue weighted by atomic mass is 19.1. The molecule has 0 radical (unpaired) electrons. The van der Waals surface area contributed by atoms with Crippen LogP contribution in [0.25, 0.3) is 0 Å². The number of aliphatic carboxylic acids is 1. The monoisotopic (exact) mass is 307 g/mol. The highest BCUT2D eigenvalue weighted by Crippen LogP contribution is 2.31. The van der Waals surface area contributed by atoms with Crippen LogP contribution in [-0.4, -0.2) is 34.0 Å². The number of carboxylic acid groups (broad SMARTS) is 1. The topological polar surface area (TPSA) is 57.6 Å². The van der Waals surface area contributed by atoms with Gasteiger partial charge in [-0.2, -0.15) is 0 Å². The molecule has 2 rings (SSSR count). The number of nitrogens with zero attached hydrogens (tertiary/aromatic N) is 1. The molecule has 0 bridgehead atoms. The van der Waals surface area contributed by atoms with Gasteiger partial charge < -0.3 is 10.0 Å². The maximum absolute atomic E-state index is 13.1. The number of carbonyl (C=O) groups is 2. The molecule has 120 valence electrons. The Labute approximate surface area is 129 Å². The van der Waals surface area contributed by atoms with Gasteiger partial charge in [0.2, 0.25) is 5.91 Å². The van der Waals surface area contributed by atoms with E-state index in [0.717, 1.165) is 5.56 Å². The fourth-order valence-corrected chi connectivity index (χ4v) is 3.00. The smallest absolute Gasteiger partial charge is 0.329 e. The molecule has 1 aromatic carbocycles. The van der Waals surface area contributed by atoms with Gasteiger partial charge in [-0.3, -0.25) is 4.79 Å². The summed E-state index contributed by atoms with van der Waals surface area (Å²) in [5.41, 5.74) is -0.244. The van der Waals surface area contributed by atoms with Crippen LogP contribution >= 0.6 is 0 Å². The summed E-state index contributed by atoms with van der Waals surface area (Å²) < 4.78 is 13.1. The zero-order valence-electron chi connectivity index (χ0n) is 13.0. The van der Waals surface area contributed by atoms with E-state index >= 15 is 0 Å². The van der Waals surface area contributed by atoms with Gasteiger partial charge in [0.05, 0.1) is 0 Å². The molecule has 5 heteroatoms. The van der Waals surface area contributed by atoms with Crippen molar-refractivity contribution in [2.24, 2.45) is 5.92 Å². The second-order valence-corrected chi connectivity index (χ2v) is 6.24. The number of carboxylic acids is 1. The third kappa shape index (κ3) is 3.29. The van der Waals surface area contributed by atoms with Crippen molar-refractivity contribution in [3.63, 3.8) is 0 Å². The van der Waals surface area contributed by atoms with Gasteiger partial charge in [-0.05, 0) is 50.3 Å². The summed E-state index contributed by atoms with van der Waals surface area (Å²) in [6.45, 7) is 3.91. The molecule has 4 nitrogen and oxygen atoms in total. The van der Waals surface area contributed by atoms with Gasteiger partial charge in [0, 0.05) is 12.5 Å². The minimum Gasteiger partial charge on any atom is -0.480 e. The summed E-state index contributed by atoms with van der Waals surface area (Å²) in [6.07, 6.45) is 2.38. The van der Waals surface area contributed by atoms with E-state index in [0.29, 0.717) is 32.2 Å². The van der Waals surface area contributed by atoms with Gasteiger partial charge in [0.1, 0.15) is 11.4 Å². The predicted octanol–water partition coefficient (Wildman–Crippen LogP) is 2.86. The third-order valence-corrected chi connectivity index (χ3v) is 4.54. The van der Waals surface area contributed by atoms with Crippen molar-refractivity contribution in [2.45, 2.75) is 45.1 Å². The maximum Gasteiger partial charge on any atom is 0.329 e. The third-order valence-electron chi connectivity index (χ3n) is 4.54. The molecular weight excluding hydrogens is 285 g/mol. The van der Waals surface area contributed by atoms with Gasteiger partial charge in [0.25, 0.3) is 0 Å². The highest BCUT2D eigenvalue weighted by molar-refractivity contribution is 5.88. The Morgan fingerprint density at radius 3 is 2.82 bits per heavy atom. The Balaban J connectivity index is 1.99. The van der Waals surface area contributed by atoms with Crippen molar-refractivity contribution in [1.82, 2.24) is 4.90 Å². The first-order chi connectivity index (χ1) is 10.3. The average molecular weight is 307 g/mol. The van der Waals surface area contributed by atoms with Gasteiger partial charge >= 0.3 is 5.97 Å². The van der Waals surface area contributed by atoms with E-state index in [9.17, 15) is 19.1 Å². The molecule has 1 N–H and O–H groups in total. The molecule has 0 spiro atoms. The van der Waals surface area contributed by atoms with Crippen molar-refractivity contribution < 1.29 is 19.1 Å². The molecule has 1 saturated heterocycles. The fourth-order valence-electron chi connectivity index (χ4n) is 3.00. The van der Waals surface area contributed by atoms with Crippen LogP contribution in [0.5, 0.6) is 0 Å². The Kier molecular flexibility index (Phi) is 4.84. The second-order valence-electron chi connectivity index (χ2n) is 6.24. The zero-order chi connectivity index (χ0) is 16.3. The fraction of sp³-hybridized carbons (Fsp3) is 0.529. The molecule has 1 aliphatic heterocycles. The lowest BCUT2D eigenvalue weighted by Crippen LogP contribution is -2.52. The molecule has 1 aliphatic rings. The second kappa shape index (κ2) is 6.46. The summed E-state index contributed by atoms with van der Waals surface area (Å²) in [6, 6.07) is 6.34.